The van der Waals surface area contributed by atoms with E-state index in [9.17, 15) is 14.7 Å². The van der Waals surface area contributed by atoms with Gasteiger partial charge in [-0.15, -0.1) is 0 Å². The molecule has 6 atom stereocenters. The van der Waals surface area contributed by atoms with Crippen LogP contribution in [0.5, 0.6) is 0 Å². The van der Waals surface area contributed by atoms with Crippen LogP contribution in [0.4, 0.5) is 0 Å². The molecule has 262 valence electrons. The van der Waals surface area contributed by atoms with Gasteiger partial charge in [0.1, 0.15) is 0 Å². The first-order valence-corrected chi connectivity index (χ1v) is 17.9. The highest BCUT2D eigenvalue weighted by Crippen LogP contribution is 2.43. The van der Waals surface area contributed by atoms with E-state index in [1.54, 1.807) is 6.92 Å². The van der Waals surface area contributed by atoms with Gasteiger partial charge in [-0.1, -0.05) is 67.6 Å². The minimum Gasteiger partial charge on any atom is -0.453 e. The Hall–Kier alpha value is -3.60. The molecule has 9 nitrogen and oxygen atoms in total. The Labute approximate surface area is 290 Å². The van der Waals surface area contributed by atoms with Crippen LogP contribution in [0.3, 0.4) is 0 Å². The normalized spacial score (nSPS) is 25.3. The Morgan fingerprint density at radius 2 is 1.63 bits per heavy atom. The lowest BCUT2D eigenvalue weighted by Crippen LogP contribution is -2.48. The van der Waals surface area contributed by atoms with Crippen LogP contribution in [-0.2, 0) is 37.0 Å². The third-order valence-corrected chi connectivity index (χ3v) is 10.3. The van der Waals surface area contributed by atoms with Gasteiger partial charge in [0, 0.05) is 44.1 Å². The molecule has 0 bridgehead atoms. The Morgan fingerprint density at radius 3 is 2.37 bits per heavy atom. The molecule has 0 radical (unpaired) electrons. The van der Waals surface area contributed by atoms with Crippen molar-refractivity contribution < 1.29 is 28.9 Å². The molecule has 9 heteroatoms. The molecule has 6 rings (SSSR count). The van der Waals surface area contributed by atoms with Gasteiger partial charge in [0.05, 0.1) is 18.8 Å². The predicted molar refractivity (Wildman–Crippen MR) is 188 cm³/mol. The second-order valence-electron chi connectivity index (χ2n) is 13.9. The first kappa shape index (κ1) is 35.2. The number of benzene rings is 3. The van der Waals surface area contributed by atoms with Crippen molar-refractivity contribution in [2.45, 2.75) is 90.2 Å². The van der Waals surface area contributed by atoms with E-state index >= 15 is 0 Å². The summed E-state index contributed by atoms with van der Waals surface area (Å²) in [6, 6.07) is 25.0. The molecule has 3 aliphatic rings. The van der Waals surface area contributed by atoms with Gasteiger partial charge in [-0.25, -0.2) is 0 Å². The Kier molecular flexibility index (Phi) is 11.8. The largest absolute Gasteiger partial charge is 0.453 e. The predicted octanol–water partition coefficient (Wildman–Crippen LogP) is 5.77. The molecule has 49 heavy (non-hydrogen) atoms. The standard InChI is InChI=1S/C40H51N3O6/c1-27-37(25-43-20-8-13-36(43)24-42-18-4-5-19-42)48-40(49-38(27)32-16-14-30(26-44)15-17-32)35-12-7-11-34(22-35)33-10-6-9-31(21-33)23-41-39(46)28(2)47-29(3)45/h6-7,9-12,14-17,21-22,27-28,36-38,40,44H,4-5,8,13,18-20,23-26H2,1-3H3,(H,41,46)/t27-,28-,36-,37+,38+,40+/m0/s1. The van der Waals surface area contributed by atoms with Crippen LogP contribution in [0, 0.1) is 5.92 Å². The fourth-order valence-electron chi connectivity index (χ4n) is 7.53. The van der Waals surface area contributed by atoms with Crippen molar-refractivity contribution in [3.63, 3.8) is 0 Å². The number of nitrogens with one attached hydrogen (secondary N) is 1. The second kappa shape index (κ2) is 16.4. The molecule has 1 amide bonds. The van der Waals surface area contributed by atoms with E-state index in [4.69, 9.17) is 14.2 Å². The van der Waals surface area contributed by atoms with Gasteiger partial charge in [-0.05, 0) is 92.2 Å². The fourth-order valence-corrected chi connectivity index (χ4v) is 7.53. The van der Waals surface area contributed by atoms with Gasteiger partial charge in [-0.2, -0.15) is 0 Å². The van der Waals surface area contributed by atoms with E-state index in [1.807, 2.05) is 30.3 Å². The van der Waals surface area contributed by atoms with E-state index in [-0.39, 0.29) is 30.6 Å². The highest BCUT2D eigenvalue weighted by atomic mass is 16.7. The first-order chi connectivity index (χ1) is 23.8. The SMILES string of the molecule is CC(=O)O[C@@H](C)C(=O)NCc1cccc(-c2cccc([C@@H]3O[C@H](CN4CCC[C@H]4CN4CCCC4)[C@H](C)[C@H](c4ccc(CO)cc4)O3)c2)c1. The molecule has 0 spiro atoms. The molecule has 0 unspecified atom stereocenters. The van der Waals surface area contributed by atoms with Crippen LogP contribution in [0.25, 0.3) is 11.1 Å². The number of amides is 1. The van der Waals surface area contributed by atoms with E-state index in [0.717, 1.165) is 53.0 Å². The van der Waals surface area contributed by atoms with Gasteiger partial charge in [0.15, 0.2) is 12.4 Å². The maximum Gasteiger partial charge on any atom is 0.303 e. The van der Waals surface area contributed by atoms with Crippen molar-refractivity contribution in [2.24, 2.45) is 5.92 Å². The van der Waals surface area contributed by atoms with Crippen molar-refractivity contribution in [3.8, 4) is 11.1 Å². The highest BCUT2D eigenvalue weighted by Gasteiger charge is 2.41. The lowest BCUT2D eigenvalue weighted by molar-refractivity contribution is -0.276. The summed E-state index contributed by atoms with van der Waals surface area (Å²) < 4.78 is 18.7. The molecule has 3 aromatic carbocycles. The molecule has 3 fully saturated rings. The summed E-state index contributed by atoms with van der Waals surface area (Å²) >= 11 is 0. The Balaban J connectivity index is 1.21. The molecular weight excluding hydrogens is 618 g/mol. The van der Waals surface area contributed by atoms with Crippen LogP contribution in [0.15, 0.2) is 72.8 Å². The number of likely N-dealkylation sites (tertiary alicyclic amines) is 2. The maximum atomic E-state index is 12.4. The van der Waals surface area contributed by atoms with Crippen LogP contribution < -0.4 is 5.32 Å². The second-order valence-corrected chi connectivity index (χ2v) is 13.9. The average Bonchev–Trinajstić information content (AvgIpc) is 3.80. The molecule has 0 aliphatic carbocycles. The van der Waals surface area contributed by atoms with Gasteiger partial charge in [-0.3, -0.25) is 14.5 Å². The maximum absolute atomic E-state index is 12.4. The van der Waals surface area contributed by atoms with E-state index in [0.29, 0.717) is 12.6 Å². The van der Waals surface area contributed by atoms with Crippen LogP contribution in [0.2, 0.25) is 0 Å². The van der Waals surface area contributed by atoms with Crippen molar-refractivity contribution in [1.82, 2.24) is 15.1 Å². The zero-order valence-electron chi connectivity index (χ0n) is 29.1. The van der Waals surface area contributed by atoms with Gasteiger partial charge in [0.25, 0.3) is 5.91 Å². The lowest BCUT2D eigenvalue weighted by Gasteiger charge is -2.43. The number of nitrogens with zero attached hydrogens (tertiary/aromatic N) is 2. The molecular formula is C40H51N3O6. The molecule has 3 heterocycles. The van der Waals surface area contributed by atoms with Crippen molar-refractivity contribution in [2.75, 3.05) is 32.7 Å². The summed E-state index contributed by atoms with van der Waals surface area (Å²) in [5.74, 6) is -0.697. The number of ether oxygens (including phenoxy) is 3. The monoisotopic (exact) mass is 669 g/mol. The summed E-state index contributed by atoms with van der Waals surface area (Å²) in [6.45, 7) is 11.0. The van der Waals surface area contributed by atoms with Crippen molar-refractivity contribution in [3.05, 3.63) is 95.1 Å². The molecule has 0 aromatic heterocycles. The minimum absolute atomic E-state index is 0.0108. The van der Waals surface area contributed by atoms with Gasteiger partial charge < -0.3 is 29.5 Å². The van der Waals surface area contributed by atoms with Crippen molar-refractivity contribution in [1.29, 1.82) is 0 Å². The number of aliphatic hydroxyl groups excluding tert-OH is 1. The Bertz CT molecular complexity index is 1560. The van der Waals surface area contributed by atoms with Crippen LogP contribution in [0.1, 0.15) is 81.1 Å². The van der Waals surface area contributed by atoms with E-state index in [2.05, 4.69) is 64.5 Å². The zero-order chi connectivity index (χ0) is 34.3. The summed E-state index contributed by atoms with van der Waals surface area (Å²) in [4.78, 5) is 28.9. The zero-order valence-corrected chi connectivity index (χ0v) is 29.1. The minimum atomic E-state index is -0.850. The third-order valence-electron chi connectivity index (χ3n) is 10.3. The Morgan fingerprint density at radius 1 is 0.898 bits per heavy atom. The van der Waals surface area contributed by atoms with Crippen molar-refractivity contribution >= 4 is 11.9 Å². The average molecular weight is 670 g/mol. The quantitative estimate of drug-likeness (QED) is 0.235. The van der Waals surface area contributed by atoms with Gasteiger partial charge in [0.2, 0.25) is 0 Å². The lowest BCUT2D eigenvalue weighted by atomic mass is 9.89. The summed E-state index contributed by atoms with van der Waals surface area (Å²) in [6.07, 6.45) is 3.49. The molecule has 0 saturated carbocycles. The summed E-state index contributed by atoms with van der Waals surface area (Å²) in [7, 11) is 0. The van der Waals surface area contributed by atoms with E-state index in [1.165, 1.54) is 45.7 Å². The first-order valence-electron chi connectivity index (χ1n) is 17.9. The number of carbonyl (C=O) groups is 2. The summed E-state index contributed by atoms with van der Waals surface area (Å²) in [5, 5.41) is 12.5. The number of esters is 1. The van der Waals surface area contributed by atoms with Crippen LogP contribution in [-0.4, -0.2) is 77.8 Å². The topological polar surface area (TPSA) is 101 Å². The van der Waals surface area contributed by atoms with E-state index < -0.39 is 18.4 Å². The number of hydrogen-bond donors (Lipinski definition) is 2. The van der Waals surface area contributed by atoms with Gasteiger partial charge >= 0.3 is 5.97 Å². The number of hydrogen-bond acceptors (Lipinski definition) is 8. The molecule has 3 saturated heterocycles. The highest BCUT2D eigenvalue weighted by molar-refractivity contribution is 5.82. The van der Waals surface area contributed by atoms with Crippen LogP contribution >= 0.6 is 0 Å². The molecule has 3 aliphatic heterocycles. The third kappa shape index (κ3) is 8.96. The number of rotatable bonds is 12. The molecule has 2 N–H and O–H groups in total. The smallest absolute Gasteiger partial charge is 0.303 e. The molecule has 3 aromatic rings. The summed E-state index contributed by atoms with van der Waals surface area (Å²) in [5.41, 5.74) is 5.90. The number of aliphatic hydroxyl groups is 1. The number of carbonyl (C=O) groups excluding carboxylic acids is 2. The fraction of sp³-hybridized carbons (Fsp3) is 0.500.